The molecule has 152 valence electrons. The zero-order valence-electron chi connectivity index (χ0n) is 16.1. The van der Waals surface area contributed by atoms with Gasteiger partial charge in [-0.05, 0) is 43.2 Å². The van der Waals surface area contributed by atoms with E-state index in [1.54, 1.807) is 19.3 Å². The lowest BCUT2D eigenvalue weighted by atomic mass is 10.2. The normalized spacial score (nSPS) is 13.1. The van der Waals surface area contributed by atoms with Crippen molar-refractivity contribution in [3.05, 3.63) is 54.0 Å². The minimum atomic E-state index is -2.98. The van der Waals surface area contributed by atoms with Gasteiger partial charge in [-0.1, -0.05) is 6.07 Å². The van der Waals surface area contributed by atoms with Crippen LogP contribution in [0.1, 0.15) is 18.9 Å². The van der Waals surface area contributed by atoms with E-state index in [-0.39, 0.29) is 17.6 Å². The molecule has 0 radical (unpaired) electrons. The van der Waals surface area contributed by atoms with Gasteiger partial charge in [0.2, 0.25) is 5.88 Å². The van der Waals surface area contributed by atoms with Gasteiger partial charge in [0.1, 0.15) is 21.4 Å². The average Bonchev–Trinajstić information content (AvgIpc) is 2.66. The van der Waals surface area contributed by atoms with Gasteiger partial charge < -0.3 is 15.4 Å². The molecule has 0 fully saturated rings. The van der Waals surface area contributed by atoms with Crippen LogP contribution in [0.2, 0.25) is 0 Å². The zero-order valence-corrected chi connectivity index (χ0v) is 17.0. The van der Waals surface area contributed by atoms with Crippen molar-refractivity contribution in [1.82, 2.24) is 15.6 Å². The van der Waals surface area contributed by atoms with Crippen molar-refractivity contribution >= 4 is 15.8 Å². The molecule has 28 heavy (non-hydrogen) atoms. The number of aliphatic imine (C=N–C) groups is 1. The number of guanidine groups is 1. The highest BCUT2D eigenvalue weighted by molar-refractivity contribution is 7.90. The van der Waals surface area contributed by atoms with Crippen LogP contribution in [-0.2, 0) is 16.4 Å². The van der Waals surface area contributed by atoms with Gasteiger partial charge >= 0.3 is 0 Å². The van der Waals surface area contributed by atoms with E-state index in [2.05, 4.69) is 20.6 Å². The summed E-state index contributed by atoms with van der Waals surface area (Å²) in [4.78, 5) is 8.37. The van der Waals surface area contributed by atoms with Crippen LogP contribution in [0.25, 0.3) is 0 Å². The number of nitrogens with zero attached hydrogens (tertiary/aromatic N) is 2. The van der Waals surface area contributed by atoms with Crippen LogP contribution in [0.4, 0.5) is 4.39 Å². The van der Waals surface area contributed by atoms with Gasteiger partial charge in [-0.3, -0.25) is 4.99 Å². The SMILES string of the molecule is CN=C(NCc1ccc(Oc2ccc(F)cc2)nc1)NC(C)CCS(C)(=O)=O. The molecule has 0 aliphatic rings. The van der Waals surface area contributed by atoms with E-state index in [0.717, 1.165) is 5.56 Å². The fourth-order valence-corrected chi connectivity index (χ4v) is 3.06. The molecule has 0 aliphatic carbocycles. The van der Waals surface area contributed by atoms with Crippen molar-refractivity contribution < 1.29 is 17.5 Å². The second kappa shape index (κ2) is 10.0. The molecule has 0 saturated carbocycles. The summed E-state index contributed by atoms with van der Waals surface area (Å²) in [5.74, 6) is 1.29. The van der Waals surface area contributed by atoms with Crippen LogP contribution in [-0.4, -0.2) is 44.5 Å². The maximum Gasteiger partial charge on any atom is 0.219 e. The van der Waals surface area contributed by atoms with E-state index >= 15 is 0 Å². The highest BCUT2D eigenvalue weighted by atomic mass is 32.2. The predicted octanol–water partition coefficient (Wildman–Crippen LogP) is 2.50. The number of sulfone groups is 1. The first-order chi connectivity index (χ1) is 13.2. The maximum absolute atomic E-state index is 12.9. The third-order valence-corrected chi connectivity index (χ3v) is 4.80. The number of rotatable bonds is 8. The van der Waals surface area contributed by atoms with Crippen molar-refractivity contribution in [2.24, 2.45) is 4.99 Å². The summed E-state index contributed by atoms with van der Waals surface area (Å²) in [6.45, 7) is 2.39. The molecule has 1 heterocycles. The van der Waals surface area contributed by atoms with Crippen LogP contribution in [0.3, 0.4) is 0 Å². The standard InChI is InChI=1S/C19H25FN4O3S/c1-14(10-11-28(3,25)26)24-19(21-2)23-13-15-4-9-18(22-12-15)27-17-7-5-16(20)6-8-17/h4-9,12,14H,10-11,13H2,1-3H3,(H2,21,23,24). The molecule has 7 nitrogen and oxygen atoms in total. The Hall–Kier alpha value is -2.68. The van der Waals surface area contributed by atoms with Gasteiger partial charge in [0, 0.05) is 38.2 Å². The molecule has 0 amide bonds. The van der Waals surface area contributed by atoms with E-state index < -0.39 is 9.84 Å². The summed E-state index contributed by atoms with van der Waals surface area (Å²) < 4.78 is 41.0. The monoisotopic (exact) mass is 408 g/mol. The van der Waals surface area contributed by atoms with Gasteiger partial charge in [0.15, 0.2) is 5.96 Å². The van der Waals surface area contributed by atoms with Gasteiger partial charge in [-0.2, -0.15) is 0 Å². The summed E-state index contributed by atoms with van der Waals surface area (Å²) in [6.07, 6.45) is 3.39. The number of nitrogens with one attached hydrogen (secondary N) is 2. The Kier molecular flexibility index (Phi) is 7.74. The summed E-state index contributed by atoms with van der Waals surface area (Å²) in [6, 6.07) is 9.27. The number of halogens is 1. The topological polar surface area (TPSA) is 92.7 Å². The van der Waals surface area contributed by atoms with Crippen LogP contribution in [0.5, 0.6) is 11.6 Å². The van der Waals surface area contributed by atoms with Gasteiger partial charge in [0.05, 0.1) is 5.75 Å². The molecule has 0 bridgehead atoms. The number of aromatic nitrogens is 1. The summed E-state index contributed by atoms with van der Waals surface area (Å²) in [5, 5.41) is 6.31. The van der Waals surface area contributed by atoms with E-state index in [4.69, 9.17) is 4.74 Å². The summed E-state index contributed by atoms with van der Waals surface area (Å²) in [5.41, 5.74) is 0.915. The molecule has 1 atom stereocenters. The molecule has 1 aromatic carbocycles. The molecular weight excluding hydrogens is 383 g/mol. The van der Waals surface area contributed by atoms with E-state index in [9.17, 15) is 12.8 Å². The summed E-state index contributed by atoms with van der Waals surface area (Å²) >= 11 is 0. The van der Waals surface area contributed by atoms with Crippen molar-refractivity contribution in [3.63, 3.8) is 0 Å². The maximum atomic E-state index is 12.9. The Balaban J connectivity index is 1.83. The number of ether oxygens (including phenoxy) is 1. The van der Waals surface area contributed by atoms with E-state index in [1.807, 2.05) is 13.0 Å². The first kappa shape index (κ1) is 21.6. The Labute approximate surface area is 165 Å². The number of hydrogen-bond donors (Lipinski definition) is 2. The molecule has 0 aliphatic heterocycles. The first-order valence-corrected chi connectivity index (χ1v) is 10.8. The molecule has 1 unspecified atom stereocenters. The largest absolute Gasteiger partial charge is 0.439 e. The molecule has 9 heteroatoms. The fourth-order valence-electron chi connectivity index (χ4n) is 2.28. The fraction of sp³-hybridized carbons (Fsp3) is 0.368. The van der Waals surface area contributed by atoms with Crippen LogP contribution >= 0.6 is 0 Å². The van der Waals surface area contributed by atoms with Gasteiger partial charge in [-0.15, -0.1) is 0 Å². The highest BCUT2D eigenvalue weighted by Crippen LogP contribution is 2.19. The third kappa shape index (κ3) is 7.91. The average molecular weight is 408 g/mol. The van der Waals surface area contributed by atoms with Crippen molar-refractivity contribution in [2.75, 3.05) is 19.1 Å². The zero-order chi connectivity index (χ0) is 20.6. The molecule has 1 aromatic heterocycles. The predicted molar refractivity (Wildman–Crippen MR) is 108 cm³/mol. The quantitative estimate of drug-likeness (QED) is 0.515. The molecule has 0 saturated heterocycles. The van der Waals surface area contributed by atoms with Crippen LogP contribution in [0, 0.1) is 5.82 Å². The van der Waals surface area contributed by atoms with Gasteiger partial charge in [0.25, 0.3) is 0 Å². The van der Waals surface area contributed by atoms with E-state index in [1.165, 1.54) is 30.5 Å². The Morgan fingerprint density at radius 2 is 1.96 bits per heavy atom. The van der Waals surface area contributed by atoms with Crippen molar-refractivity contribution in [1.29, 1.82) is 0 Å². The minimum absolute atomic E-state index is 0.0365. The highest BCUT2D eigenvalue weighted by Gasteiger charge is 2.09. The molecular formula is C19H25FN4O3S. The molecule has 2 aromatic rings. The van der Waals surface area contributed by atoms with Crippen molar-refractivity contribution in [2.45, 2.75) is 25.9 Å². The number of hydrogen-bond acceptors (Lipinski definition) is 5. The second-order valence-electron chi connectivity index (χ2n) is 6.45. The van der Waals surface area contributed by atoms with Crippen LogP contribution in [0.15, 0.2) is 47.6 Å². The van der Waals surface area contributed by atoms with Crippen molar-refractivity contribution in [3.8, 4) is 11.6 Å². The number of benzene rings is 1. The lowest BCUT2D eigenvalue weighted by Gasteiger charge is -2.17. The molecule has 2 rings (SSSR count). The Morgan fingerprint density at radius 1 is 1.25 bits per heavy atom. The summed E-state index contributed by atoms with van der Waals surface area (Å²) in [7, 11) is -1.34. The van der Waals surface area contributed by atoms with Gasteiger partial charge in [-0.25, -0.2) is 17.8 Å². The number of pyridine rings is 1. The second-order valence-corrected chi connectivity index (χ2v) is 8.71. The molecule has 2 N–H and O–H groups in total. The minimum Gasteiger partial charge on any atom is -0.439 e. The van der Waals surface area contributed by atoms with Crippen LogP contribution < -0.4 is 15.4 Å². The van der Waals surface area contributed by atoms with E-state index in [0.29, 0.717) is 30.6 Å². The third-order valence-electron chi connectivity index (χ3n) is 3.82. The Morgan fingerprint density at radius 3 is 2.54 bits per heavy atom. The lowest BCUT2D eigenvalue weighted by molar-refractivity contribution is 0.461. The smallest absolute Gasteiger partial charge is 0.219 e. The molecule has 0 spiro atoms. The first-order valence-electron chi connectivity index (χ1n) is 8.78. The Bertz CT molecular complexity index is 884. The lowest BCUT2D eigenvalue weighted by Crippen LogP contribution is -2.42.